The average Bonchev–Trinajstić information content (AvgIpc) is 3.38. The summed E-state index contributed by atoms with van der Waals surface area (Å²) >= 11 is 0. The largest absolute Gasteiger partial charge is 0.497 e. The van der Waals surface area contributed by atoms with E-state index in [-0.39, 0.29) is 11.8 Å². The van der Waals surface area contributed by atoms with Gasteiger partial charge in [0.05, 0.1) is 26.3 Å². The lowest BCUT2D eigenvalue weighted by Crippen LogP contribution is -2.51. The lowest BCUT2D eigenvalue weighted by molar-refractivity contribution is -0.134. The van der Waals surface area contributed by atoms with Gasteiger partial charge < -0.3 is 19.0 Å². The Morgan fingerprint density at radius 3 is 2.43 bits per heavy atom. The summed E-state index contributed by atoms with van der Waals surface area (Å²) in [5.41, 5.74) is 1.63. The quantitative estimate of drug-likeness (QED) is 0.785. The lowest BCUT2D eigenvalue weighted by Gasteiger charge is -2.35. The molecule has 2 aliphatic rings. The van der Waals surface area contributed by atoms with E-state index in [4.69, 9.17) is 9.15 Å². The molecule has 2 aliphatic heterocycles. The number of furan rings is 1. The van der Waals surface area contributed by atoms with E-state index >= 15 is 0 Å². The van der Waals surface area contributed by atoms with E-state index in [9.17, 15) is 9.59 Å². The molecule has 2 saturated heterocycles. The van der Waals surface area contributed by atoms with Gasteiger partial charge in [0.2, 0.25) is 11.8 Å². The molecule has 0 radical (unpaired) electrons. The number of likely N-dealkylation sites (tertiary alicyclic amines) is 1. The number of rotatable bonds is 5. The van der Waals surface area contributed by atoms with E-state index in [1.165, 1.54) is 0 Å². The van der Waals surface area contributed by atoms with Crippen molar-refractivity contribution in [2.24, 2.45) is 0 Å². The van der Waals surface area contributed by atoms with Gasteiger partial charge in [-0.1, -0.05) is 0 Å². The highest BCUT2D eigenvalue weighted by atomic mass is 16.5. The highest BCUT2D eigenvalue weighted by molar-refractivity contribution is 5.88. The minimum atomic E-state index is 0.101. The van der Waals surface area contributed by atoms with Gasteiger partial charge in [-0.25, -0.2) is 0 Å². The van der Waals surface area contributed by atoms with Crippen molar-refractivity contribution in [3.05, 3.63) is 30.0 Å². The summed E-state index contributed by atoms with van der Waals surface area (Å²) in [7, 11) is 1.62. The third-order valence-corrected chi connectivity index (χ3v) is 5.75. The topological polar surface area (TPSA) is 66.2 Å². The van der Waals surface area contributed by atoms with E-state index in [2.05, 4.69) is 4.90 Å². The van der Waals surface area contributed by atoms with Gasteiger partial charge in [0.25, 0.3) is 0 Å². The number of carbonyl (C=O) groups excluding carboxylic acids is 2. The third kappa shape index (κ3) is 3.99. The van der Waals surface area contributed by atoms with Crippen molar-refractivity contribution in [3.63, 3.8) is 0 Å². The molecule has 2 aromatic rings. The van der Waals surface area contributed by atoms with Crippen molar-refractivity contribution >= 4 is 22.8 Å². The minimum absolute atomic E-state index is 0.101. The summed E-state index contributed by atoms with van der Waals surface area (Å²) in [6.45, 7) is 5.06. The average molecular weight is 385 g/mol. The number of methoxy groups -OCH3 is 1. The molecule has 0 bridgehead atoms. The fraction of sp³-hybridized carbons (Fsp3) is 0.524. The second-order valence-electron chi connectivity index (χ2n) is 7.54. The molecule has 1 aromatic carbocycles. The first-order chi connectivity index (χ1) is 13.6. The van der Waals surface area contributed by atoms with Gasteiger partial charge in [-0.2, -0.15) is 0 Å². The van der Waals surface area contributed by atoms with Gasteiger partial charge in [-0.3, -0.25) is 14.5 Å². The van der Waals surface area contributed by atoms with Gasteiger partial charge >= 0.3 is 0 Å². The Morgan fingerprint density at radius 1 is 1.00 bits per heavy atom. The van der Waals surface area contributed by atoms with Crippen molar-refractivity contribution in [3.8, 4) is 5.75 Å². The molecule has 0 unspecified atom stereocenters. The predicted octanol–water partition coefficient (Wildman–Crippen LogP) is 1.75. The maximum Gasteiger partial charge on any atom is 0.236 e. The van der Waals surface area contributed by atoms with E-state index in [0.717, 1.165) is 61.3 Å². The third-order valence-electron chi connectivity index (χ3n) is 5.75. The number of fused-ring (bicyclic) bond motifs is 1. The number of benzene rings is 1. The molecule has 1 aromatic heterocycles. The first kappa shape index (κ1) is 18.8. The standard InChI is InChI=1S/C21H27N3O4/c1-27-17-4-5-18-16(15-28-19(18)13-17)12-20(25)24-10-8-22(9-11-24)14-21(26)23-6-2-3-7-23/h4-5,13,15H,2-3,6-12,14H2,1H3. The van der Waals surface area contributed by atoms with Crippen molar-refractivity contribution in [2.45, 2.75) is 19.3 Å². The van der Waals surface area contributed by atoms with Crippen LogP contribution in [0.15, 0.2) is 28.9 Å². The summed E-state index contributed by atoms with van der Waals surface area (Å²) in [6.07, 6.45) is 4.21. The highest BCUT2D eigenvalue weighted by Gasteiger charge is 2.25. The molecule has 0 spiro atoms. The molecule has 4 rings (SSSR count). The Labute approximate surface area is 164 Å². The number of hydrogen-bond donors (Lipinski definition) is 0. The van der Waals surface area contributed by atoms with Crippen LogP contribution in [0, 0.1) is 0 Å². The molecular weight excluding hydrogens is 358 g/mol. The Morgan fingerprint density at radius 2 is 1.71 bits per heavy atom. The molecule has 3 heterocycles. The zero-order chi connectivity index (χ0) is 19.5. The molecule has 0 saturated carbocycles. The Bertz CT molecular complexity index is 848. The highest BCUT2D eigenvalue weighted by Crippen LogP contribution is 2.26. The first-order valence-electron chi connectivity index (χ1n) is 9.96. The smallest absolute Gasteiger partial charge is 0.236 e. The van der Waals surface area contributed by atoms with Crippen LogP contribution in [0.1, 0.15) is 18.4 Å². The molecule has 2 amide bonds. The Hall–Kier alpha value is -2.54. The summed E-state index contributed by atoms with van der Waals surface area (Å²) in [4.78, 5) is 31.0. The number of carbonyl (C=O) groups is 2. The number of piperazine rings is 1. The van der Waals surface area contributed by atoms with Crippen LogP contribution in [-0.2, 0) is 16.0 Å². The van der Waals surface area contributed by atoms with Crippen molar-refractivity contribution < 1.29 is 18.7 Å². The zero-order valence-corrected chi connectivity index (χ0v) is 16.4. The van der Waals surface area contributed by atoms with Crippen LogP contribution in [0.2, 0.25) is 0 Å². The summed E-state index contributed by atoms with van der Waals surface area (Å²) in [5.74, 6) is 1.06. The molecule has 7 heteroatoms. The van der Waals surface area contributed by atoms with Crippen LogP contribution < -0.4 is 4.74 Å². The Kier molecular flexibility index (Phi) is 5.52. The van der Waals surface area contributed by atoms with Crippen LogP contribution >= 0.6 is 0 Å². The number of hydrogen-bond acceptors (Lipinski definition) is 5. The lowest BCUT2D eigenvalue weighted by atomic mass is 10.1. The normalized spacial score (nSPS) is 18.0. The number of ether oxygens (including phenoxy) is 1. The molecule has 0 aliphatic carbocycles. The van der Waals surface area contributed by atoms with Crippen molar-refractivity contribution in [1.29, 1.82) is 0 Å². The maximum atomic E-state index is 12.7. The molecule has 7 nitrogen and oxygen atoms in total. The van der Waals surface area contributed by atoms with E-state index in [1.807, 2.05) is 28.0 Å². The van der Waals surface area contributed by atoms with Crippen LogP contribution in [-0.4, -0.2) is 79.4 Å². The second-order valence-corrected chi connectivity index (χ2v) is 7.54. The Balaban J connectivity index is 1.30. The van der Waals surface area contributed by atoms with Crippen molar-refractivity contribution in [2.75, 3.05) is 52.9 Å². The number of amides is 2. The molecule has 0 atom stereocenters. The number of nitrogens with zero attached hydrogens (tertiary/aromatic N) is 3. The van der Waals surface area contributed by atoms with Gasteiger partial charge in [0.1, 0.15) is 11.3 Å². The maximum absolute atomic E-state index is 12.7. The van der Waals surface area contributed by atoms with Crippen LogP contribution in [0.3, 0.4) is 0 Å². The van der Waals surface area contributed by atoms with Crippen LogP contribution in [0.25, 0.3) is 11.0 Å². The summed E-state index contributed by atoms with van der Waals surface area (Å²) in [5, 5.41) is 0.948. The first-order valence-corrected chi connectivity index (χ1v) is 9.96. The minimum Gasteiger partial charge on any atom is -0.497 e. The van der Waals surface area contributed by atoms with Crippen LogP contribution in [0.4, 0.5) is 0 Å². The van der Waals surface area contributed by atoms with Crippen LogP contribution in [0.5, 0.6) is 5.75 Å². The fourth-order valence-corrected chi connectivity index (χ4v) is 4.02. The zero-order valence-electron chi connectivity index (χ0n) is 16.4. The summed E-state index contributed by atoms with van der Waals surface area (Å²) in [6, 6.07) is 5.64. The molecule has 150 valence electrons. The molecule has 2 fully saturated rings. The second kappa shape index (κ2) is 8.22. The van der Waals surface area contributed by atoms with Gasteiger partial charge in [0.15, 0.2) is 0 Å². The van der Waals surface area contributed by atoms with Gasteiger partial charge in [-0.15, -0.1) is 0 Å². The van der Waals surface area contributed by atoms with E-state index in [0.29, 0.717) is 26.1 Å². The van der Waals surface area contributed by atoms with Gasteiger partial charge in [-0.05, 0) is 25.0 Å². The van der Waals surface area contributed by atoms with Crippen molar-refractivity contribution in [1.82, 2.24) is 14.7 Å². The van der Waals surface area contributed by atoms with E-state index in [1.54, 1.807) is 13.4 Å². The predicted molar refractivity (Wildman–Crippen MR) is 105 cm³/mol. The van der Waals surface area contributed by atoms with E-state index < -0.39 is 0 Å². The fourth-order valence-electron chi connectivity index (χ4n) is 4.02. The molecule has 28 heavy (non-hydrogen) atoms. The summed E-state index contributed by atoms with van der Waals surface area (Å²) < 4.78 is 10.8. The molecular formula is C21H27N3O4. The van der Waals surface area contributed by atoms with Gasteiger partial charge in [0, 0.05) is 56.3 Å². The SMILES string of the molecule is COc1ccc2c(CC(=O)N3CCN(CC(=O)N4CCCC4)CC3)coc2c1. The molecule has 0 N–H and O–H groups in total. The monoisotopic (exact) mass is 385 g/mol.